The normalized spacial score (nSPS) is 13.0. The van der Waals surface area contributed by atoms with E-state index in [0.717, 1.165) is 12.8 Å². The number of hydrogen-bond donors (Lipinski definition) is 1. The zero-order chi connectivity index (χ0) is 19.7. The van der Waals surface area contributed by atoms with E-state index in [2.05, 4.69) is 6.92 Å². The molecule has 0 aliphatic heterocycles. The van der Waals surface area contributed by atoms with Crippen LogP contribution in [0.25, 0.3) is 0 Å². The van der Waals surface area contributed by atoms with Crippen LogP contribution in [-0.2, 0) is 9.53 Å². The topological polar surface area (TPSA) is 46.5 Å². The van der Waals surface area contributed by atoms with E-state index in [9.17, 15) is 9.90 Å². The molecule has 0 radical (unpaired) electrons. The Kier molecular flexibility index (Phi) is 16.2. The third-order valence-corrected chi connectivity index (χ3v) is 4.68. The summed E-state index contributed by atoms with van der Waals surface area (Å²) < 4.78 is 5.82. The van der Waals surface area contributed by atoms with Crippen molar-refractivity contribution in [2.45, 2.75) is 103 Å². The maximum absolute atomic E-state index is 11.7. The van der Waals surface area contributed by atoms with Gasteiger partial charge >= 0.3 is 5.97 Å². The highest BCUT2D eigenvalue weighted by Crippen LogP contribution is 2.13. The van der Waals surface area contributed by atoms with Crippen LogP contribution in [0.15, 0.2) is 0 Å². The maximum atomic E-state index is 11.7. The number of carbonyl (C=O) groups excluding carboxylic acids is 1. The molecule has 0 spiro atoms. The first kappa shape index (κ1) is 25.4. The molecule has 4 heteroatoms. The number of likely N-dealkylation sites (N-methyl/N-ethyl adjacent to an activating group) is 1. The number of ether oxygens (including phenoxy) is 1. The number of aliphatic hydroxyl groups excluding tert-OH is 1. The fourth-order valence-electron chi connectivity index (χ4n) is 3.23. The van der Waals surface area contributed by atoms with Crippen molar-refractivity contribution in [3.63, 3.8) is 0 Å². The molecule has 0 aromatic rings. The molecule has 4 nitrogen and oxygen atoms in total. The van der Waals surface area contributed by atoms with Gasteiger partial charge in [-0.05, 0) is 6.42 Å². The minimum absolute atomic E-state index is 0.118. The first-order valence-electron chi connectivity index (χ1n) is 11.0. The first-order chi connectivity index (χ1) is 12.3. The SMILES string of the molecule is CCCCCCCCCCCCCCCC(=O)OCC(O)C[N+](C)(C)C. The number of carbonyl (C=O) groups is 1. The van der Waals surface area contributed by atoms with Crippen LogP contribution in [0.2, 0.25) is 0 Å². The standard InChI is InChI=1S/C22H46NO3/c1-5-6-7-8-9-10-11-12-13-14-15-16-17-18-22(25)26-20-21(24)19-23(2,3)4/h21,24H,5-20H2,1-4H3/q+1. The van der Waals surface area contributed by atoms with E-state index in [4.69, 9.17) is 4.74 Å². The van der Waals surface area contributed by atoms with Crippen molar-refractivity contribution in [2.24, 2.45) is 0 Å². The number of esters is 1. The van der Waals surface area contributed by atoms with Gasteiger partial charge in [0.1, 0.15) is 19.3 Å². The number of quaternary nitrogens is 1. The summed E-state index contributed by atoms with van der Waals surface area (Å²) in [5.74, 6) is -0.173. The molecule has 0 rings (SSSR count). The van der Waals surface area contributed by atoms with Gasteiger partial charge in [0.05, 0.1) is 21.1 Å². The van der Waals surface area contributed by atoms with E-state index >= 15 is 0 Å². The molecule has 26 heavy (non-hydrogen) atoms. The van der Waals surface area contributed by atoms with Crippen LogP contribution in [-0.4, -0.2) is 56.0 Å². The number of rotatable bonds is 18. The third kappa shape index (κ3) is 19.7. The van der Waals surface area contributed by atoms with Gasteiger partial charge in [0.2, 0.25) is 0 Å². The summed E-state index contributed by atoms with van der Waals surface area (Å²) >= 11 is 0. The van der Waals surface area contributed by atoms with Gasteiger partial charge in [-0.2, -0.15) is 0 Å². The number of unbranched alkanes of at least 4 members (excludes halogenated alkanes) is 12. The molecule has 0 aliphatic carbocycles. The number of aliphatic hydroxyl groups is 1. The minimum Gasteiger partial charge on any atom is -0.463 e. The van der Waals surface area contributed by atoms with Crippen molar-refractivity contribution in [1.82, 2.24) is 0 Å². The quantitative estimate of drug-likeness (QED) is 0.207. The van der Waals surface area contributed by atoms with Crippen LogP contribution >= 0.6 is 0 Å². The Morgan fingerprint density at radius 2 is 1.23 bits per heavy atom. The van der Waals surface area contributed by atoms with Crippen molar-refractivity contribution < 1.29 is 19.1 Å². The van der Waals surface area contributed by atoms with Crippen LogP contribution < -0.4 is 0 Å². The molecule has 0 fully saturated rings. The predicted molar refractivity (Wildman–Crippen MR) is 110 cm³/mol. The van der Waals surface area contributed by atoms with E-state index in [-0.39, 0.29) is 12.6 Å². The van der Waals surface area contributed by atoms with Crippen molar-refractivity contribution in [3.05, 3.63) is 0 Å². The lowest BCUT2D eigenvalue weighted by atomic mass is 10.0. The third-order valence-electron chi connectivity index (χ3n) is 4.68. The fourth-order valence-corrected chi connectivity index (χ4v) is 3.23. The van der Waals surface area contributed by atoms with Crippen LogP contribution in [0, 0.1) is 0 Å². The maximum Gasteiger partial charge on any atom is 0.305 e. The molecule has 1 unspecified atom stereocenters. The summed E-state index contributed by atoms with van der Waals surface area (Å²) in [4.78, 5) is 11.7. The number of hydrogen-bond acceptors (Lipinski definition) is 3. The molecule has 0 aromatic heterocycles. The zero-order valence-electron chi connectivity index (χ0n) is 18.1. The van der Waals surface area contributed by atoms with Crippen molar-refractivity contribution in [1.29, 1.82) is 0 Å². The lowest BCUT2D eigenvalue weighted by molar-refractivity contribution is -0.873. The van der Waals surface area contributed by atoms with Gasteiger partial charge in [-0.1, -0.05) is 84.0 Å². The summed E-state index contributed by atoms with van der Waals surface area (Å²) in [5, 5.41) is 9.82. The van der Waals surface area contributed by atoms with Gasteiger partial charge in [0, 0.05) is 6.42 Å². The second kappa shape index (κ2) is 16.6. The van der Waals surface area contributed by atoms with E-state index in [1.165, 1.54) is 70.6 Å². The summed E-state index contributed by atoms with van der Waals surface area (Å²) in [5.41, 5.74) is 0. The Balaban J connectivity index is 3.30. The highest BCUT2D eigenvalue weighted by molar-refractivity contribution is 5.69. The molecule has 1 N–H and O–H groups in total. The number of nitrogens with zero attached hydrogens (tertiary/aromatic N) is 1. The lowest BCUT2D eigenvalue weighted by Crippen LogP contribution is -2.43. The largest absolute Gasteiger partial charge is 0.463 e. The summed E-state index contributed by atoms with van der Waals surface area (Å²) in [6.07, 6.45) is 16.8. The smallest absolute Gasteiger partial charge is 0.305 e. The van der Waals surface area contributed by atoms with E-state index in [1.54, 1.807) is 0 Å². The van der Waals surface area contributed by atoms with Gasteiger partial charge in [-0.3, -0.25) is 4.79 Å². The Labute approximate surface area is 162 Å². The molecule has 1 atom stereocenters. The predicted octanol–water partition coefficient (Wildman–Crippen LogP) is 5.08. The van der Waals surface area contributed by atoms with Crippen molar-refractivity contribution in [3.8, 4) is 0 Å². The van der Waals surface area contributed by atoms with Crippen molar-refractivity contribution in [2.75, 3.05) is 34.3 Å². The first-order valence-corrected chi connectivity index (χ1v) is 11.0. The molecule has 0 saturated heterocycles. The highest BCUT2D eigenvalue weighted by atomic mass is 16.5. The van der Waals surface area contributed by atoms with Gasteiger partial charge in [0.15, 0.2) is 0 Å². The van der Waals surface area contributed by atoms with Gasteiger partial charge in [-0.25, -0.2) is 0 Å². The Morgan fingerprint density at radius 3 is 1.65 bits per heavy atom. The molecule has 0 bridgehead atoms. The van der Waals surface area contributed by atoms with Crippen LogP contribution in [0.3, 0.4) is 0 Å². The average Bonchev–Trinajstić information content (AvgIpc) is 2.55. The van der Waals surface area contributed by atoms with Crippen LogP contribution in [0.4, 0.5) is 0 Å². The van der Waals surface area contributed by atoms with Gasteiger partial charge in [-0.15, -0.1) is 0 Å². The molecular formula is C22H46NO3+. The van der Waals surface area contributed by atoms with Crippen LogP contribution in [0.1, 0.15) is 96.8 Å². The molecule has 0 aromatic carbocycles. The second-order valence-electron chi connectivity index (χ2n) is 8.80. The lowest BCUT2D eigenvalue weighted by Gasteiger charge is -2.26. The van der Waals surface area contributed by atoms with E-state index in [0.29, 0.717) is 17.4 Å². The zero-order valence-corrected chi connectivity index (χ0v) is 18.1. The Hall–Kier alpha value is -0.610. The Bertz CT molecular complexity index is 326. The summed E-state index contributed by atoms with van der Waals surface area (Å²) in [7, 11) is 6.04. The van der Waals surface area contributed by atoms with Gasteiger partial charge < -0.3 is 14.3 Å². The molecule has 156 valence electrons. The monoisotopic (exact) mass is 372 g/mol. The van der Waals surface area contributed by atoms with Crippen molar-refractivity contribution >= 4 is 5.97 Å². The molecule has 0 aliphatic rings. The summed E-state index contributed by atoms with van der Waals surface area (Å²) in [6.45, 7) is 2.97. The minimum atomic E-state index is -0.578. The fraction of sp³-hybridized carbons (Fsp3) is 0.955. The second-order valence-corrected chi connectivity index (χ2v) is 8.80. The van der Waals surface area contributed by atoms with E-state index in [1.807, 2.05) is 21.1 Å². The molecule has 0 heterocycles. The summed E-state index contributed by atoms with van der Waals surface area (Å²) in [6, 6.07) is 0. The van der Waals surface area contributed by atoms with Crippen LogP contribution in [0.5, 0.6) is 0 Å². The highest BCUT2D eigenvalue weighted by Gasteiger charge is 2.17. The molecular weight excluding hydrogens is 326 g/mol. The Morgan fingerprint density at radius 1 is 0.808 bits per heavy atom. The molecule has 0 amide bonds. The van der Waals surface area contributed by atoms with Gasteiger partial charge in [0.25, 0.3) is 0 Å². The average molecular weight is 373 g/mol. The van der Waals surface area contributed by atoms with E-state index < -0.39 is 6.10 Å². The molecule has 0 saturated carbocycles.